The second kappa shape index (κ2) is 4.14. The third kappa shape index (κ3) is 1.95. The van der Waals surface area contributed by atoms with Crippen molar-refractivity contribution >= 4 is 0 Å². The van der Waals surface area contributed by atoms with E-state index in [1.807, 2.05) is 18.2 Å². The topological polar surface area (TPSA) is 36.9 Å². The molecule has 0 saturated carbocycles. The van der Waals surface area contributed by atoms with E-state index in [4.69, 9.17) is 18.9 Å². The van der Waals surface area contributed by atoms with Crippen LogP contribution in [-0.2, 0) is 9.47 Å². The van der Waals surface area contributed by atoms with E-state index in [1.54, 1.807) is 0 Å². The van der Waals surface area contributed by atoms with E-state index in [-0.39, 0.29) is 24.6 Å². The van der Waals surface area contributed by atoms with Gasteiger partial charge in [-0.2, -0.15) is 0 Å². The molecule has 4 nitrogen and oxygen atoms in total. The fourth-order valence-corrected chi connectivity index (χ4v) is 2.05. The molecule has 2 aliphatic rings. The molecule has 1 aromatic rings. The lowest BCUT2D eigenvalue weighted by atomic mass is 9.87. The summed E-state index contributed by atoms with van der Waals surface area (Å²) in [7, 11) is 0. The van der Waals surface area contributed by atoms with Crippen molar-refractivity contribution in [2.45, 2.75) is 33.2 Å². The van der Waals surface area contributed by atoms with Gasteiger partial charge in [0.05, 0.1) is 12.7 Å². The van der Waals surface area contributed by atoms with Crippen LogP contribution in [0.4, 0.5) is 0 Å². The Hall–Kier alpha value is -1.26. The molecule has 0 aliphatic carbocycles. The molecule has 0 N–H and O–H groups in total. The summed E-state index contributed by atoms with van der Waals surface area (Å²) in [6.07, 6.45) is -0.163. The first-order valence-corrected chi connectivity index (χ1v) is 6.23. The van der Waals surface area contributed by atoms with Gasteiger partial charge in [0.2, 0.25) is 6.79 Å². The molecule has 0 radical (unpaired) electrons. The third-order valence-corrected chi connectivity index (χ3v) is 3.70. The third-order valence-electron chi connectivity index (χ3n) is 3.70. The van der Waals surface area contributed by atoms with Crippen LogP contribution in [0.1, 0.15) is 32.6 Å². The number of fused-ring (bicyclic) bond motifs is 1. The molecule has 0 bridgehead atoms. The molecule has 3 rings (SSSR count). The molecular formula is C14H18O4. The van der Waals surface area contributed by atoms with Gasteiger partial charge in [0.1, 0.15) is 0 Å². The molecule has 2 aliphatic heterocycles. The normalized spacial score (nSPS) is 29.3. The smallest absolute Gasteiger partial charge is 0.231 e. The summed E-state index contributed by atoms with van der Waals surface area (Å²) in [5.41, 5.74) is 1.02. The number of hydrogen-bond acceptors (Lipinski definition) is 4. The highest BCUT2D eigenvalue weighted by Gasteiger charge is 2.36. The molecule has 18 heavy (non-hydrogen) atoms. The van der Waals surface area contributed by atoms with Gasteiger partial charge in [-0.25, -0.2) is 0 Å². The predicted octanol–water partition coefficient (Wildman–Crippen LogP) is 2.88. The van der Waals surface area contributed by atoms with Crippen LogP contribution in [0.5, 0.6) is 11.5 Å². The van der Waals surface area contributed by atoms with Crippen molar-refractivity contribution in [3.63, 3.8) is 0 Å². The first kappa shape index (κ1) is 11.8. The van der Waals surface area contributed by atoms with E-state index in [1.165, 1.54) is 0 Å². The minimum absolute atomic E-state index is 0.0485. The van der Waals surface area contributed by atoms with Gasteiger partial charge in [-0.05, 0) is 25.1 Å². The summed E-state index contributed by atoms with van der Waals surface area (Å²) in [6.45, 7) is 7.35. The monoisotopic (exact) mass is 250 g/mol. The van der Waals surface area contributed by atoms with Gasteiger partial charge in [-0.1, -0.05) is 13.8 Å². The maximum absolute atomic E-state index is 5.93. The van der Waals surface area contributed by atoms with Gasteiger partial charge >= 0.3 is 0 Å². The van der Waals surface area contributed by atoms with Crippen molar-refractivity contribution in [2.75, 3.05) is 13.4 Å². The number of ether oxygens (including phenoxy) is 4. The highest BCUT2D eigenvalue weighted by molar-refractivity contribution is 5.44. The van der Waals surface area contributed by atoms with Crippen LogP contribution in [0.2, 0.25) is 0 Å². The largest absolute Gasteiger partial charge is 0.454 e. The van der Waals surface area contributed by atoms with Crippen LogP contribution in [-0.4, -0.2) is 19.5 Å². The van der Waals surface area contributed by atoms with Crippen LogP contribution in [0.25, 0.3) is 0 Å². The fraction of sp³-hybridized carbons (Fsp3) is 0.571. The number of benzene rings is 1. The van der Waals surface area contributed by atoms with Gasteiger partial charge in [-0.3, -0.25) is 0 Å². The summed E-state index contributed by atoms with van der Waals surface area (Å²) >= 11 is 0. The first-order chi connectivity index (χ1) is 8.56. The van der Waals surface area contributed by atoms with Gasteiger partial charge in [0.25, 0.3) is 0 Å². The quantitative estimate of drug-likeness (QED) is 0.768. The van der Waals surface area contributed by atoms with E-state index in [0.717, 1.165) is 17.1 Å². The van der Waals surface area contributed by atoms with E-state index >= 15 is 0 Å². The Morgan fingerprint density at radius 3 is 2.72 bits per heavy atom. The molecule has 1 aromatic carbocycles. The minimum atomic E-state index is -0.317. The highest BCUT2D eigenvalue weighted by atomic mass is 16.7. The molecule has 2 atom stereocenters. The van der Waals surface area contributed by atoms with E-state index in [2.05, 4.69) is 20.8 Å². The predicted molar refractivity (Wildman–Crippen MR) is 65.6 cm³/mol. The molecule has 1 fully saturated rings. The lowest BCUT2D eigenvalue weighted by molar-refractivity contribution is -0.259. The molecule has 0 aromatic heterocycles. The molecule has 4 heteroatoms. The van der Waals surface area contributed by atoms with Crippen molar-refractivity contribution in [3.05, 3.63) is 23.8 Å². The summed E-state index contributed by atoms with van der Waals surface area (Å²) in [5, 5.41) is 0. The SMILES string of the molecule is C[C@H]1O[C@H](c2ccc3c(c2)OCO3)OCC1(C)C. The highest BCUT2D eigenvalue weighted by Crippen LogP contribution is 2.39. The fourth-order valence-electron chi connectivity index (χ4n) is 2.05. The van der Waals surface area contributed by atoms with Crippen molar-refractivity contribution in [2.24, 2.45) is 5.41 Å². The van der Waals surface area contributed by atoms with Crippen molar-refractivity contribution in [3.8, 4) is 11.5 Å². The average Bonchev–Trinajstić information content (AvgIpc) is 2.79. The zero-order valence-electron chi connectivity index (χ0n) is 10.9. The Bertz CT molecular complexity index is 455. The molecule has 0 unspecified atom stereocenters. The van der Waals surface area contributed by atoms with Crippen molar-refractivity contribution in [1.82, 2.24) is 0 Å². The molecule has 98 valence electrons. The molecular weight excluding hydrogens is 232 g/mol. The average molecular weight is 250 g/mol. The Morgan fingerprint density at radius 2 is 1.94 bits per heavy atom. The molecule has 1 saturated heterocycles. The molecule has 0 spiro atoms. The Kier molecular flexibility index (Phi) is 2.72. The van der Waals surface area contributed by atoms with E-state index in [0.29, 0.717) is 6.61 Å². The second-order valence-corrected chi connectivity index (χ2v) is 5.52. The van der Waals surface area contributed by atoms with Crippen molar-refractivity contribution in [1.29, 1.82) is 0 Å². The van der Waals surface area contributed by atoms with Gasteiger partial charge in [-0.15, -0.1) is 0 Å². The van der Waals surface area contributed by atoms with Crippen LogP contribution < -0.4 is 9.47 Å². The lowest BCUT2D eigenvalue weighted by Gasteiger charge is -2.40. The van der Waals surface area contributed by atoms with E-state index < -0.39 is 0 Å². The summed E-state index contributed by atoms with van der Waals surface area (Å²) in [4.78, 5) is 0. The number of rotatable bonds is 1. The lowest BCUT2D eigenvalue weighted by Crippen LogP contribution is -2.40. The first-order valence-electron chi connectivity index (χ1n) is 6.23. The van der Waals surface area contributed by atoms with Crippen LogP contribution in [0.15, 0.2) is 18.2 Å². The van der Waals surface area contributed by atoms with Crippen LogP contribution in [0, 0.1) is 5.41 Å². The standard InChI is InChI=1S/C14H18O4/c1-9-14(2,3)7-15-13(18-9)10-4-5-11-12(6-10)17-8-16-11/h4-6,9,13H,7-8H2,1-3H3/t9-,13-/m1/s1. The zero-order valence-corrected chi connectivity index (χ0v) is 10.9. The summed E-state index contributed by atoms with van der Waals surface area (Å²) in [5.74, 6) is 1.54. The van der Waals surface area contributed by atoms with Gasteiger partial charge < -0.3 is 18.9 Å². The van der Waals surface area contributed by atoms with E-state index in [9.17, 15) is 0 Å². The Balaban J connectivity index is 1.80. The van der Waals surface area contributed by atoms with Gasteiger partial charge in [0.15, 0.2) is 17.8 Å². The maximum Gasteiger partial charge on any atom is 0.231 e. The van der Waals surface area contributed by atoms with Crippen molar-refractivity contribution < 1.29 is 18.9 Å². The maximum atomic E-state index is 5.93. The zero-order chi connectivity index (χ0) is 12.8. The summed E-state index contributed by atoms with van der Waals surface area (Å²) < 4.78 is 22.4. The molecule has 2 heterocycles. The minimum Gasteiger partial charge on any atom is -0.454 e. The van der Waals surface area contributed by atoms with Crippen LogP contribution in [0.3, 0.4) is 0 Å². The molecule has 0 amide bonds. The van der Waals surface area contributed by atoms with Crippen LogP contribution >= 0.6 is 0 Å². The second-order valence-electron chi connectivity index (χ2n) is 5.52. The Morgan fingerprint density at radius 1 is 1.17 bits per heavy atom. The number of hydrogen-bond donors (Lipinski definition) is 0. The van der Waals surface area contributed by atoms with Gasteiger partial charge in [0, 0.05) is 11.0 Å². The Labute approximate surface area is 107 Å². The summed E-state index contributed by atoms with van der Waals surface area (Å²) in [6, 6.07) is 5.79.